The maximum Gasteiger partial charge on any atom is 0.384 e. The second kappa shape index (κ2) is 5.43. The first kappa shape index (κ1) is 12.4. The number of carbonyl (C=O) groups is 1. The van der Waals surface area contributed by atoms with Gasteiger partial charge in [0.05, 0.1) is 11.6 Å². The highest BCUT2D eigenvalue weighted by molar-refractivity contribution is 6.32. The molecule has 0 heterocycles. The number of ether oxygens (including phenoxy) is 1. The van der Waals surface area contributed by atoms with Gasteiger partial charge in [0.15, 0.2) is 0 Å². The Morgan fingerprint density at radius 3 is 2.88 bits per heavy atom. The van der Waals surface area contributed by atoms with Crippen LogP contribution in [0.5, 0.6) is 0 Å². The van der Waals surface area contributed by atoms with Crippen molar-refractivity contribution in [2.45, 2.75) is 13.8 Å². The Labute approximate surface area is 99.5 Å². The van der Waals surface area contributed by atoms with E-state index < -0.39 is 5.97 Å². The highest BCUT2D eigenvalue weighted by Gasteiger charge is 2.04. The van der Waals surface area contributed by atoms with Gasteiger partial charge in [0.1, 0.15) is 0 Å². The number of esters is 1. The van der Waals surface area contributed by atoms with Gasteiger partial charge in [-0.3, -0.25) is 0 Å². The van der Waals surface area contributed by atoms with Gasteiger partial charge in [0.25, 0.3) is 0 Å². The fourth-order valence-electron chi connectivity index (χ4n) is 1.08. The fourth-order valence-corrected chi connectivity index (χ4v) is 1.30. The van der Waals surface area contributed by atoms with Crippen LogP contribution in [0.25, 0.3) is 0 Å². The smallest absolute Gasteiger partial charge is 0.384 e. The molecule has 0 amide bonds. The molecule has 0 spiro atoms. The Morgan fingerprint density at radius 1 is 1.56 bits per heavy atom. The lowest BCUT2D eigenvalue weighted by molar-refractivity contribution is -0.136. The van der Waals surface area contributed by atoms with E-state index >= 15 is 0 Å². The Bertz CT molecular complexity index is 472. The molecule has 3 nitrogen and oxygen atoms in total. The van der Waals surface area contributed by atoms with Crippen molar-refractivity contribution < 1.29 is 9.53 Å². The van der Waals surface area contributed by atoms with Crippen molar-refractivity contribution in [2.24, 2.45) is 0 Å². The van der Waals surface area contributed by atoms with Crippen molar-refractivity contribution in [1.82, 2.24) is 0 Å². The van der Waals surface area contributed by atoms with Crippen molar-refractivity contribution >= 4 is 23.3 Å². The molecule has 0 fully saturated rings. The van der Waals surface area contributed by atoms with Crippen molar-refractivity contribution in [1.29, 1.82) is 0 Å². The highest BCUT2D eigenvalue weighted by atomic mass is 35.5. The van der Waals surface area contributed by atoms with Gasteiger partial charge < -0.3 is 10.5 Å². The molecule has 0 unspecified atom stereocenters. The minimum Gasteiger partial charge on any atom is -0.456 e. The van der Waals surface area contributed by atoms with E-state index in [4.69, 9.17) is 17.3 Å². The first-order chi connectivity index (χ1) is 7.56. The Balaban J connectivity index is 2.98. The lowest BCUT2D eigenvalue weighted by atomic mass is 10.1. The predicted octanol–water partition coefficient (Wildman–Crippen LogP) is 2.15. The lowest BCUT2D eigenvalue weighted by Gasteiger charge is -2.03. The molecule has 0 saturated heterocycles. The van der Waals surface area contributed by atoms with Crippen LogP contribution in [-0.2, 0) is 9.53 Å². The van der Waals surface area contributed by atoms with Crippen LogP contribution in [0.3, 0.4) is 0 Å². The van der Waals surface area contributed by atoms with E-state index in [0.717, 1.165) is 5.56 Å². The zero-order valence-electron chi connectivity index (χ0n) is 9.13. The molecule has 84 valence electrons. The standard InChI is InChI=1S/C12H12ClNO2/c1-3-16-11(15)7-5-9-4-6-10(14)8(2)12(9)13/h4,6H,3,14H2,1-2H3. The van der Waals surface area contributed by atoms with Crippen LogP contribution in [0.4, 0.5) is 5.69 Å². The van der Waals surface area contributed by atoms with Gasteiger partial charge in [-0.25, -0.2) is 4.79 Å². The molecule has 0 bridgehead atoms. The van der Waals surface area contributed by atoms with Crippen molar-refractivity contribution in [2.75, 3.05) is 12.3 Å². The Hall–Kier alpha value is -1.66. The average molecular weight is 238 g/mol. The summed E-state index contributed by atoms with van der Waals surface area (Å²) in [7, 11) is 0. The SMILES string of the molecule is CCOC(=O)C#Cc1ccc(N)c(C)c1Cl. The third-order valence-electron chi connectivity index (χ3n) is 2.00. The summed E-state index contributed by atoms with van der Waals surface area (Å²) in [4.78, 5) is 11.0. The molecule has 0 aliphatic rings. The van der Waals surface area contributed by atoms with E-state index in [9.17, 15) is 4.79 Å². The van der Waals surface area contributed by atoms with Gasteiger partial charge in [-0.2, -0.15) is 0 Å². The first-order valence-corrected chi connectivity index (χ1v) is 5.17. The quantitative estimate of drug-likeness (QED) is 0.463. The minimum atomic E-state index is -0.562. The van der Waals surface area contributed by atoms with Crippen molar-refractivity contribution in [3.8, 4) is 11.8 Å². The number of rotatable bonds is 1. The topological polar surface area (TPSA) is 52.3 Å². The molecular weight excluding hydrogens is 226 g/mol. The number of nitrogen functional groups attached to an aromatic ring is 1. The van der Waals surface area contributed by atoms with E-state index in [-0.39, 0.29) is 0 Å². The van der Waals surface area contributed by atoms with Gasteiger partial charge >= 0.3 is 5.97 Å². The summed E-state index contributed by atoms with van der Waals surface area (Å²) in [6.07, 6.45) is 0. The van der Waals surface area contributed by atoms with Crippen molar-refractivity contribution in [3.05, 3.63) is 28.3 Å². The van der Waals surface area contributed by atoms with Crippen LogP contribution >= 0.6 is 11.6 Å². The number of anilines is 1. The number of halogens is 1. The number of benzene rings is 1. The molecule has 0 aromatic heterocycles. The zero-order chi connectivity index (χ0) is 12.1. The van der Waals surface area contributed by atoms with Crippen LogP contribution in [-0.4, -0.2) is 12.6 Å². The van der Waals surface area contributed by atoms with Crippen molar-refractivity contribution in [3.63, 3.8) is 0 Å². The normalized spacial score (nSPS) is 9.19. The van der Waals surface area contributed by atoms with E-state index in [2.05, 4.69) is 16.6 Å². The zero-order valence-corrected chi connectivity index (χ0v) is 9.89. The van der Waals surface area contributed by atoms with E-state index in [1.54, 1.807) is 26.0 Å². The minimum absolute atomic E-state index is 0.308. The molecule has 0 atom stereocenters. The van der Waals surface area contributed by atoms with Gasteiger partial charge in [0.2, 0.25) is 0 Å². The summed E-state index contributed by atoms with van der Waals surface area (Å²) in [5, 5.41) is 0.469. The predicted molar refractivity (Wildman–Crippen MR) is 64.1 cm³/mol. The summed E-state index contributed by atoms with van der Waals surface area (Å²) >= 11 is 6.02. The maximum absolute atomic E-state index is 11.0. The number of hydrogen-bond donors (Lipinski definition) is 1. The van der Waals surface area contributed by atoms with E-state index in [0.29, 0.717) is 22.9 Å². The van der Waals surface area contributed by atoms with Crippen LogP contribution in [0, 0.1) is 18.8 Å². The molecule has 2 N–H and O–H groups in total. The molecule has 16 heavy (non-hydrogen) atoms. The second-order valence-corrected chi connectivity index (χ2v) is 3.49. The summed E-state index contributed by atoms with van der Waals surface area (Å²) < 4.78 is 4.68. The summed E-state index contributed by atoms with van der Waals surface area (Å²) in [6.45, 7) is 3.83. The molecule has 0 aliphatic carbocycles. The van der Waals surface area contributed by atoms with E-state index in [1.165, 1.54) is 0 Å². The summed E-state index contributed by atoms with van der Waals surface area (Å²) in [6, 6.07) is 3.38. The van der Waals surface area contributed by atoms with Gasteiger partial charge in [0, 0.05) is 17.2 Å². The molecule has 0 radical (unpaired) electrons. The third kappa shape index (κ3) is 2.91. The van der Waals surface area contributed by atoms with E-state index in [1.807, 2.05) is 0 Å². The van der Waals surface area contributed by atoms with Gasteiger partial charge in [-0.15, -0.1) is 0 Å². The van der Waals surface area contributed by atoms with Crippen LogP contribution in [0.1, 0.15) is 18.1 Å². The molecule has 0 aliphatic heterocycles. The number of carbonyl (C=O) groups excluding carboxylic acids is 1. The van der Waals surface area contributed by atoms with Gasteiger partial charge in [-0.1, -0.05) is 17.5 Å². The third-order valence-corrected chi connectivity index (χ3v) is 2.49. The van der Waals surface area contributed by atoms with Crippen LogP contribution in [0.15, 0.2) is 12.1 Å². The van der Waals surface area contributed by atoms with Crippen LogP contribution in [0.2, 0.25) is 5.02 Å². The molecule has 1 aromatic carbocycles. The molecular formula is C12H12ClNO2. The summed E-state index contributed by atoms with van der Waals surface area (Å²) in [5.74, 6) is 4.44. The largest absolute Gasteiger partial charge is 0.456 e. The maximum atomic E-state index is 11.0. The second-order valence-electron chi connectivity index (χ2n) is 3.11. The molecule has 1 aromatic rings. The number of nitrogens with two attached hydrogens (primary N) is 1. The molecule has 0 saturated carbocycles. The lowest BCUT2D eigenvalue weighted by Crippen LogP contribution is -1.99. The number of hydrogen-bond acceptors (Lipinski definition) is 3. The molecule has 4 heteroatoms. The Kier molecular flexibility index (Phi) is 4.21. The highest BCUT2D eigenvalue weighted by Crippen LogP contribution is 2.24. The first-order valence-electron chi connectivity index (χ1n) is 4.79. The Morgan fingerprint density at radius 2 is 2.25 bits per heavy atom. The summed E-state index contributed by atoms with van der Waals surface area (Å²) in [5.41, 5.74) is 7.60. The van der Waals surface area contributed by atoms with Gasteiger partial charge in [-0.05, 0) is 31.5 Å². The van der Waals surface area contributed by atoms with Crippen LogP contribution < -0.4 is 5.73 Å². The average Bonchev–Trinajstić information content (AvgIpc) is 2.25. The fraction of sp³-hybridized carbons (Fsp3) is 0.250. The monoisotopic (exact) mass is 237 g/mol. The molecule has 1 rings (SSSR count).